The van der Waals surface area contributed by atoms with E-state index in [9.17, 15) is 14.4 Å². The van der Waals surface area contributed by atoms with Gasteiger partial charge in [-0.2, -0.15) is 0 Å². The van der Waals surface area contributed by atoms with Crippen LogP contribution >= 0.6 is 11.3 Å². The van der Waals surface area contributed by atoms with E-state index in [4.69, 9.17) is 4.74 Å². The lowest BCUT2D eigenvalue weighted by Crippen LogP contribution is -2.30. The molecular weight excluding hydrogens is 402 g/mol. The lowest BCUT2D eigenvalue weighted by atomic mass is 9.96. The third-order valence-electron chi connectivity index (χ3n) is 4.33. The molecule has 30 heavy (non-hydrogen) atoms. The van der Waals surface area contributed by atoms with Crippen molar-refractivity contribution < 1.29 is 19.1 Å². The second-order valence-corrected chi connectivity index (χ2v) is 9.36. The summed E-state index contributed by atoms with van der Waals surface area (Å²) in [7, 11) is 3.86. The molecule has 0 aliphatic rings. The summed E-state index contributed by atoms with van der Waals surface area (Å²) in [5, 5.41) is 6.11. The van der Waals surface area contributed by atoms with E-state index in [1.165, 1.54) is 6.92 Å². The normalized spacial score (nSPS) is 12.1. The van der Waals surface area contributed by atoms with Crippen molar-refractivity contribution in [1.29, 1.82) is 0 Å². The quantitative estimate of drug-likeness (QED) is 0.666. The van der Waals surface area contributed by atoms with Gasteiger partial charge in [-0.15, -0.1) is 11.3 Å². The maximum absolute atomic E-state index is 12.5. The summed E-state index contributed by atoms with van der Waals surface area (Å²) < 4.78 is 5.34. The van der Waals surface area contributed by atoms with Gasteiger partial charge in [0.1, 0.15) is 4.88 Å². The van der Waals surface area contributed by atoms with E-state index in [0.29, 0.717) is 21.1 Å². The summed E-state index contributed by atoms with van der Waals surface area (Å²) in [6.07, 6.45) is -0.972. The number of esters is 1. The van der Waals surface area contributed by atoms with Crippen molar-refractivity contribution in [2.75, 3.05) is 29.6 Å². The fourth-order valence-electron chi connectivity index (χ4n) is 2.40. The molecule has 1 heterocycles. The molecule has 0 aliphatic heterocycles. The summed E-state index contributed by atoms with van der Waals surface area (Å²) >= 11 is 1.13. The van der Waals surface area contributed by atoms with Gasteiger partial charge in [-0.25, -0.2) is 4.79 Å². The maximum atomic E-state index is 12.5. The second-order valence-electron chi connectivity index (χ2n) is 8.31. The molecule has 1 aromatic heterocycles. The number of benzene rings is 1. The third kappa shape index (κ3) is 6.06. The summed E-state index contributed by atoms with van der Waals surface area (Å²) in [5.41, 5.74) is 1.76. The Bertz CT molecular complexity index is 927. The number of carbonyl (C=O) groups is 3. The van der Waals surface area contributed by atoms with E-state index < -0.39 is 23.4 Å². The Hall–Kier alpha value is -2.87. The van der Waals surface area contributed by atoms with E-state index in [-0.39, 0.29) is 5.91 Å². The van der Waals surface area contributed by atoms with Crippen LogP contribution in [-0.4, -0.2) is 38.0 Å². The summed E-state index contributed by atoms with van der Waals surface area (Å²) in [4.78, 5) is 39.4. The van der Waals surface area contributed by atoms with Crippen LogP contribution in [0.2, 0.25) is 0 Å². The highest BCUT2D eigenvalue weighted by molar-refractivity contribution is 7.18. The topological polar surface area (TPSA) is 87.7 Å². The Labute approximate surface area is 181 Å². The van der Waals surface area contributed by atoms with Crippen LogP contribution in [0.15, 0.2) is 30.3 Å². The van der Waals surface area contributed by atoms with Gasteiger partial charge in [0.15, 0.2) is 6.10 Å². The Kier molecular flexibility index (Phi) is 7.25. The number of nitrogens with one attached hydrogen (secondary N) is 2. The smallest absolute Gasteiger partial charge is 0.349 e. The molecule has 0 saturated carbocycles. The van der Waals surface area contributed by atoms with E-state index in [2.05, 4.69) is 10.6 Å². The van der Waals surface area contributed by atoms with E-state index in [0.717, 1.165) is 17.0 Å². The van der Waals surface area contributed by atoms with Gasteiger partial charge in [0.05, 0.1) is 5.00 Å². The van der Waals surface area contributed by atoms with Crippen molar-refractivity contribution in [3.05, 3.63) is 40.8 Å². The summed E-state index contributed by atoms with van der Waals surface area (Å²) in [6.45, 7) is 8.72. The predicted octanol–water partition coefficient (Wildman–Crippen LogP) is 4.29. The van der Waals surface area contributed by atoms with Gasteiger partial charge in [-0.3, -0.25) is 9.59 Å². The van der Waals surface area contributed by atoms with Gasteiger partial charge in [-0.1, -0.05) is 20.8 Å². The van der Waals surface area contributed by atoms with Crippen LogP contribution in [0.5, 0.6) is 0 Å². The van der Waals surface area contributed by atoms with E-state index in [1.54, 1.807) is 25.1 Å². The molecule has 2 aromatic rings. The zero-order chi connectivity index (χ0) is 22.6. The molecule has 1 aromatic carbocycles. The largest absolute Gasteiger partial charge is 0.448 e. The highest BCUT2D eigenvalue weighted by Crippen LogP contribution is 2.29. The van der Waals surface area contributed by atoms with Crippen LogP contribution in [0.3, 0.4) is 0 Å². The lowest BCUT2D eigenvalue weighted by Gasteiger charge is -2.16. The molecular formula is C22H29N3O4S. The number of hydrogen-bond donors (Lipinski definition) is 2. The van der Waals surface area contributed by atoms with Gasteiger partial charge < -0.3 is 20.3 Å². The van der Waals surface area contributed by atoms with Crippen molar-refractivity contribution in [2.45, 2.75) is 40.7 Å². The molecule has 1 atom stereocenters. The molecule has 0 fully saturated rings. The average Bonchev–Trinajstić information content (AvgIpc) is 3.01. The molecule has 162 valence electrons. The first-order chi connectivity index (χ1) is 13.9. The first kappa shape index (κ1) is 23.4. The average molecular weight is 432 g/mol. The standard InChI is InChI=1S/C22H29N3O4S/c1-13-12-17(24-21(28)22(3,4)5)30-18(13)20(27)29-14(2)19(26)23-15-8-10-16(11-9-15)25(6)7/h8-12,14H,1-7H3,(H,23,26)(H,24,28). The van der Waals surface area contributed by atoms with Crippen molar-refractivity contribution in [2.24, 2.45) is 5.41 Å². The van der Waals surface area contributed by atoms with Crippen molar-refractivity contribution in [3.63, 3.8) is 0 Å². The maximum Gasteiger partial charge on any atom is 0.349 e. The second kappa shape index (κ2) is 9.30. The number of aryl methyl sites for hydroxylation is 1. The monoisotopic (exact) mass is 431 g/mol. The lowest BCUT2D eigenvalue weighted by molar-refractivity contribution is -0.124. The SMILES string of the molecule is Cc1cc(NC(=O)C(C)(C)C)sc1C(=O)OC(C)C(=O)Nc1ccc(N(C)C)cc1. The zero-order valence-corrected chi connectivity index (χ0v) is 19.3. The van der Waals surface area contributed by atoms with Gasteiger partial charge in [0, 0.05) is 30.9 Å². The fourth-order valence-corrected chi connectivity index (χ4v) is 3.35. The zero-order valence-electron chi connectivity index (χ0n) is 18.5. The molecule has 0 bridgehead atoms. The van der Waals surface area contributed by atoms with Crippen molar-refractivity contribution in [3.8, 4) is 0 Å². The molecule has 2 amide bonds. The van der Waals surface area contributed by atoms with Crippen molar-refractivity contribution >= 4 is 45.5 Å². The van der Waals surface area contributed by atoms with Crippen LogP contribution in [0, 0.1) is 12.3 Å². The van der Waals surface area contributed by atoms with Crippen molar-refractivity contribution in [1.82, 2.24) is 0 Å². The molecule has 0 saturated heterocycles. The van der Waals surface area contributed by atoms with Crippen LogP contribution in [0.4, 0.5) is 16.4 Å². The summed E-state index contributed by atoms with van der Waals surface area (Å²) in [5.74, 6) is -1.16. The molecule has 1 unspecified atom stereocenters. The van der Waals surface area contributed by atoms with Gasteiger partial charge in [0.25, 0.3) is 5.91 Å². The number of thiophene rings is 1. The highest BCUT2D eigenvalue weighted by Gasteiger charge is 2.25. The third-order valence-corrected chi connectivity index (χ3v) is 5.46. The minimum atomic E-state index is -0.972. The Balaban J connectivity index is 1.99. The molecule has 7 nitrogen and oxygen atoms in total. The Morgan fingerprint density at radius 1 is 1.07 bits per heavy atom. The number of anilines is 3. The first-order valence-corrected chi connectivity index (χ1v) is 10.4. The van der Waals surface area contributed by atoms with Crippen LogP contribution in [0.25, 0.3) is 0 Å². The van der Waals surface area contributed by atoms with Gasteiger partial charge in [-0.05, 0) is 49.7 Å². The molecule has 8 heteroatoms. The number of hydrogen-bond acceptors (Lipinski definition) is 6. The van der Waals surface area contributed by atoms with E-state index in [1.807, 2.05) is 51.9 Å². The number of carbonyl (C=O) groups excluding carboxylic acids is 3. The highest BCUT2D eigenvalue weighted by atomic mass is 32.1. The molecule has 0 spiro atoms. The number of nitrogens with zero attached hydrogens (tertiary/aromatic N) is 1. The Morgan fingerprint density at radius 3 is 2.20 bits per heavy atom. The predicted molar refractivity (Wildman–Crippen MR) is 121 cm³/mol. The first-order valence-electron chi connectivity index (χ1n) is 9.59. The molecule has 2 N–H and O–H groups in total. The minimum absolute atomic E-state index is 0.142. The van der Waals surface area contributed by atoms with Gasteiger partial charge >= 0.3 is 5.97 Å². The van der Waals surface area contributed by atoms with Gasteiger partial charge in [0.2, 0.25) is 5.91 Å². The number of rotatable bonds is 6. The fraction of sp³-hybridized carbons (Fsp3) is 0.409. The number of ether oxygens (including phenoxy) is 1. The molecule has 0 aliphatic carbocycles. The molecule has 2 rings (SSSR count). The summed E-state index contributed by atoms with van der Waals surface area (Å²) in [6, 6.07) is 9.07. The van der Waals surface area contributed by atoms with Crippen LogP contribution in [-0.2, 0) is 14.3 Å². The Morgan fingerprint density at radius 2 is 1.67 bits per heavy atom. The van der Waals surface area contributed by atoms with E-state index >= 15 is 0 Å². The van der Waals surface area contributed by atoms with Crippen LogP contribution < -0.4 is 15.5 Å². The number of amides is 2. The minimum Gasteiger partial charge on any atom is -0.448 e. The van der Waals surface area contributed by atoms with Crippen LogP contribution in [0.1, 0.15) is 42.9 Å². The molecule has 0 radical (unpaired) electrons.